The van der Waals surface area contributed by atoms with Gasteiger partial charge >= 0.3 is 0 Å². The van der Waals surface area contributed by atoms with Crippen molar-refractivity contribution in [1.82, 2.24) is 10.2 Å². The molecule has 0 aromatic rings. The number of hydrogen-bond acceptors (Lipinski definition) is 2. The molecule has 0 heterocycles. The molecule has 3 N–H and O–H groups in total. The lowest BCUT2D eigenvalue weighted by atomic mass is 10.6. The third kappa shape index (κ3) is 7.12. The minimum absolute atomic E-state index is 0.536. The maximum atomic E-state index is 5.49. The number of guanidine groups is 1. The second-order valence-electron chi connectivity index (χ2n) is 2.60. The van der Waals surface area contributed by atoms with Gasteiger partial charge in [-0.05, 0) is 21.0 Å². The maximum absolute atomic E-state index is 5.49. The molecule has 0 aliphatic rings. The zero-order valence-corrected chi connectivity index (χ0v) is 7.59. The van der Waals surface area contributed by atoms with Crippen LogP contribution in [0, 0.1) is 0 Å². The molecule has 0 aliphatic carbocycles. The van der Waals surface area contributed by atoms with Crippen LogP contribution in [0.4, 0.5) is 0 Å². The molecule has 4 nitrogen and oxygen atoms in total. The van der Waals surface area contributed by atoms with Crippen molar-refractivity contribution < 1.29 is 0 Å². The molecule has 0 aromatic heterocycles. The average Bonchev–Trinajstić information content (AvgIpc) is 1.87. The van der Waals surface area contributed by atoms with Crippen molar-refractivity contribution >= 4 is 5.96 Å². The minimum atomic E-state index is 0.536. The third-order valence-electron chi connectivity index (χ3n) is 1.19. The summed E-state index contributed by atoms with van der Waals surface area (Å²) in [4.78, 5) is 6.17. The largest absolute Gasteiger partial charge is 0.370 e. The summed E-state index contributed by atoms with van der Waals surface area (Å²) in [6.45, 7) is 4.52. The molecule has 0 rings (SSSR count). The van der Waals surface area contributed by atoms with E-state index in [1.54, 1.807) is 0 Å². The zero-order valence-electron chi connectivity index (χ0n) is 7.59. The Morgan fingerprint density at radius 3 is 2.64 bits per heavy atom. The zero-order chi connectivity index (χ0) is 8.69. The molecule has 0 fully saturated rings. The standard InChI is InChI=1S/C7H18N4/c1-4-9-7(8)10-5-6-11(2)3/h4-6H2,1-3H3,(H3,8,9,10). The van der Waals surface area contributed by atoms with Gasteiger partial charge in [0.2, 0.25) is 0 Å². The predicted molar refractivity (Wildman–Crippen MR) is 48.7 cm³/mol. The smallest absolute Gasteiger partial charge is 0.188 e. The topological polar surface area (TPSA) is 53.6 Å². The van der Waals surface area contributed by atoms with Gasteiger partial charge in [0.15, 0.2) is 5.96 Å². The van der Waals surface area contributed by atoms with E-state index in [4.69, 9.17) is 5.73 Å². The Morgan fingerprint density at radius 2 is 2.18 bits per heavy atom. The lowest BCUT2D eigenvalue weighted by molar-refractivity contribution is 0.420. The lowest BCUT2D eigenvalue weighted by Gasteiger charge is -2.06. The number of aliphatic imine (C=N–C) groups is 1. The van der Waals surface area contributed by atoms with Crippen LogP contribution in [-0.2, 0) is 0 Å². The van der Waals surface area contributed by atoms with Gasteiger partial charge in [0, 0.05) is 13.1 Å². The van der Waals surface area contributed by atoms with Crippen LogP contribution in [-0.4, -0.2) is 44.6 Å². The van der Waals surface area contributed by atoms with Crippen molar-refractivity contribution in [2.45, 2.75) is 6.92 Å². The third-order valence-corrected chi connectivity index (χ3v) is 1.19. The SMILES string of the molecule is CCNC(N)=NCCN(C)C. The molecule has 0 atom stereocenters. The van der Waals surface area contributed by atoms with E-state index >= 15 is 0 Å². The number of nitrogens with zero attached hydrogens (tertiary/aromatic N) is 2. The first-order valence-electron chi connectivity index (χ1n) is 3.85. The fourth-order valence-electron chi connectivity index (χ4n) is 0.607. The van der Waals surface area contributed by atoms with Gasteiger partial charge in [-0.15, -0.1) is 0 Å². The molecule has 66 valence electrons. The monoisotopic (exact) mass is 158 g/mol. The van der Waals surface area contributed by atoms with E-state index in [1.807, 2.05) is 21.0 Å². The number of hydrogen-bond donors (Lipinski definition) is 2. The molecule has 0 radical (unpaired) electrons. The second-order valence-corrected chi connectivity index (χ2v) is 2.60. The van der Waals surface area contributed by atoms with Gasteiger partial charge < -0.3 is 16.0 Å². The Kier molecular flexibility index (Phi) is 5.56. The predicted octanol–water partition coefficient (Wildman–Crippen LogP) is -0.528. The summed E-state index contributed by atoms with van der Waals surface area (Å²) in [7, 11) is 4.03. The first-order valence-corrected chi connectivity index (χ1v) is 3.85. The van der Waals surface area contributed by atoms with Crippen molar-refractivity contribution in [3.05, 3.63) is 0 Å². The second kappa shape index (κ2) is 5.97. The summed E-state index contributed by atoms with van der Waals surface area (Å²) in [5.74, 6) is 0.536. The van der Waals surface area contributed by atoms with Crippen molar-refractivity contribution in [2.75, 3.05) is 33.7 Å². The summed E-state index contributed by atoms with van der Waals surface area (Å²) < 4.78 is 0. The Morgan fingerprint density at radius 1 is 1.55 bits per heavy atom. The van der Waals surface area contributed by atoms with E-state index < -0.39 is 0 Å². The molecule has 0 bridgehead atoms. The van der Waals surface area contributed by atoms with E-state index in [0.29, 0.717) is 5.96 Å². The number of nitrogens with one attached hydrogen (secondary N) is 1. The maximum Gasteiger partial charge on any atom is 0.188 e. The average molecular weight is 158 g/mol. The van der Waals surface area contributed by atoms with Gasteiger partial charge in [0.05, 0.1) is 6.54 Å². The highest BCUT2D eigenvalue weighted by Crippen LogP contribution is 1.75. The number of nitrogens with two attached hydrogens (primary N) is 1. The molecule has 0 amide bonds. The van der Waals surface area contributed by atoms with Crippen LogP contribution >= 0.6 is 0 Å². The van der Waals surface area contributed by atoms with Gasteiger partial charge in [0.25, 0.3) is 0 Å². The number of rotatable bonds is 4. The molecule has 11 heavy (non-hydrogen) atoms. The van der Waals surface area contributed by atoms with E-state index in [9.17, 15) is 0 Å². The van der Waals surface area contributed by atoms with Gasteiger partial charge in [-0.1, -0.05) is 0 Å². The van der Waals surface area contributed by atoms with Gasteiger partial charge in [-0.3, -0.25) is 4.99 Å². The van der Waals surface area contributed by atoms with Crippen LogP contribution in [0.25, 0.3) is 0 Å². The Bertz CT molecular complexity index is 120. The van der Waals surface area contributed by atoms with Crippen molar-refractivity contribution in [3.8, 4) is 0 Å². The summed E-state index contributed by atoms with van der Waals surface area (Å²) >= 11 is 0. The molecule has 0 spiro atoms. The molecular weight excluding hydrogens is 140 g/mol. The molecule has 0 unspecified atom stereocenters. The van der Waals surface area contributed by atoms with Crippen LogP contribution in [0.2, 0.25) is 0 Å². The van der Waals surface area contributed by atoms with Crippen LogP contribution < -0.4 is 11.1 Å². The highest BCUT2D eigenvalue weighted by Gasteiger charge is 1.88. The molecule has 0 aliphatic heterocycles. The molecule has 0 aromatic carbocycles. The van der Waals surface area contributed by atoms with E-state index in [2.05, 4.69) is 15.2 Å². The summed E-state index contributed by atoms with van der Waals surface area (Å²) in [6.07, 6.45) is 0. The Hall–Kier alpha value is -0.770. The first kappa shape index (κ1) is 10.2. The van der Waals surface area contributed by atoms with Crippen LogP contribution in [0.1, 0.15) is 6.92 Å². The van der Waals surface area contributed by atoms with Gasteiger partial charge in [-0.25, -0.2) is 0 Å². The summed E-state index contributed by atoms with van der Waals surface area (Å²) in [6, 6.07) is 0. The summed E-state index contributed by atoms with van der Waals surface area (Å²) in [5.41, 5.74) is 5.49. The fourth-order valence-corrected chi connectivity index (χ4v) is 0.607. The highest BCUT2D eigenvalue weighted by atomic mass is 15.1. The van der Waals surface area contributed by atoms with Gasteiger partial charge in [0.1, 0.15) is 0 Å². The first-order chi connectivity index (χ1) is 5.16. The Labute approximate surface area is 68.5 Å². The van der Waals surface area contributed by atoms with Crippen LogP contribution in [0.3, 0.4) is 0 Å². The quantitative estimate of drug-likeness (QED) is 0.427. The normalized spacial score (nSPS) is 12.2. The van der Waals surface area contributed by atoms with E-state index in [0.717, 1.165) is 19.6 Å². The minimum Gasteiger partial charge on any atom is -0.370 e. The Balaban J connectivity index is 3.39. The highest BCUT2D eigenvalue weighted by molar-refractivity contribution is 5.77. The van der Waals surface area contributed by atoms with Crippen molar-refractivity contribution in [2.24, 2.45) is 10.7 Å². The van der Waals surface area contributed by atoms with E-state index in [-0.39, 0.29) is 0 Å². The van der Waals surface area contributed by atoms with E-state index in [1.165, 1.54) is 0 Å². The van der Waals surface area contributed by atoms with Crippen LogP contribution in [0.15, 0.2) is 4.99 Å². The molecule has 0 saturated heterocycles. The van der Waals surface area contributed by atoms with Gasteiger partial charge in [-0.2, -0.15) is 0 Å². The van der Waals surface area contributed by atoms with Crippen molar-refractivity contribution in [3.63, 3.8) is 0 Å². The lowest BCUT2D eigenvalue weighted by Crippen LogP contribution is -2.32. The van der Waals surface area contributed by atoms with Crippen molar-refractivity contribution in [1.29, 1.82) is 0 Å². The van der Waals surface area contributed by atoms with Crippen LogP contribution in [0.5, 0.6) is 0 Å². The summed E-state index contributed by atoms with van der Waals surface area (Å²) in [5, 5.41) is 2.93. The molecule has 4 heteroatoms. The molecule has 0 saturated carbocycles. The fraction of sp³-hybridized carbons (Fsp3) is 0.857. The molecular formula is C7H18N4. The number of likely N-dealkylation sites (N-methyl/N-ethyl adjacent to an activating group) is 1.